The van der Waals surface area contributed by atoms with Crippen LogP contribution in [0, 0.1) is 0 Å². The number of carboxylic acid groups (broad SMARTS) is 1. The number of benzene rings is 4. The summed E-state index contributed by atoms with van der Waals surface area (Å²) in [5, 5.41) is 20.8. The predicted octanol–water partition coefficient (Wildman–Crippen LogP) is 5.88. The van der Waals surface area contributed by atoms with E-state index in [1.54, 1.807) is 45.0 Å². The Hall–Kier alpha value is -7.00. The highest BCUT2D eigenvalue weighted by Gasteiger charge is 2.34. The number of H-pyrrole nitrogens is 1. The maximum absolute atomic E-state index is 14.5. The van der Waals surface area contributed by atoms with Gasteiger partial charge in [-0.05, 0) is 87.1 Å². The molecule has 0 aliphatic heterocycles. The first-order valence-corrected chi connectivity index (χ1v) is 21.6. The zero-order valence-corrected chi connectivity index (χ0v) is 37.6. The quantitative estimate of drug-likeness (QED) is 0.0581. The van der Waals surface area contributed by atoms with E-state index in [1.165, 1.54) is 12.5 Å². The molecule has 4 amide bonds. The SMILES string of the molecule is CC(C)(C)OC[C@H](NC(=O)[C@H](Cc1ccc(OC(C)(C)C)cc1)NC(=O)[C@H](Cc1ccccc1)NC(=O)OCC1c2ccccc2-c2ccccc21)C(=O)N[C@@H](Cc1cnc[nH]1)C(=O)O. The fraction of sp³-hybridized carbons (Fsp3) is 0.360. The number of amides is 4. The molecule has 15 heteroatoms. The Labute approximate surface area is 379 Å². The lowest BCUT2D eigenvalue weighted by Gasteiger charge is -2.28. The highest BCUT2D eigenvalue weighted by molar-refractivity contribution is 5.95. The molecule has 4 aromatic carbocycles. The van der Waals surface area contributed by atoms with Crippen LogP contribution < -0.4 is 26.0 Å². The van der Waals surface area contributed by atoms with Crippen molar-refractivity contribution in [2.24, 2.45) is 0 Å². The molecule has 0 fully saturated rings. The van der Waals surface area contributed by atoms with Crippen molar-refractivity contribution < 1.29 is 43.3 Å². The number of hydrogen-bond donors (Lipinski definition) is 6. The summed E-state index contributed by atoms with van der Waals surface area (Å²) in [6.07, 6.45) is 1.94. The number of nitrogens with zero attached hydrogens (tertiary/aromatic N) is 1. The first-order valence-electron chi connectivity index (χ1n) is 21.6. The van der Waals surface area contributed by atoms with Crippen molar-refractivity contribution in [3.05, 3.63) is 144 Å². The fourth-order valence-corrected chi connectivity index (χ4v) is 7.48. The highest BCUT2D eigenvalue weighted by atomic mass is 16.5. The number of nitrogens with one attached hydrogen (secondary N) is 5. The van der Waals surface area contributed by atoms with Gasteiger partial charge in [0.05, 0.1) is 18.5 Å². The van der Waals surface area contributed by atoms with Gasteiger partial charge in [-0.3, -0.25) is 14.4 Å². The van der Waals surface area contributed by atoms with Crippen LogP contribution in [0.2, 0.25) is 0 Å². The van der Waals surface area contributed by atoms with Crippen molar-refractivity contribution in [3.8, 4) is 16.9 Å². The van der Waals surface area contributed by atoms with Crippen molar-refractivity contribution in [1.82, 2.24) is 31.2 Å². The van der Waals surface area contributed by atoms with Gasteiger partial charge >= 0.3 is 12.1 Å². The van der Waals surface area contributed by atoms with Gasteiger partial charge in [0, 0.05) is 37.1 Å². The smallest absolute Gasteiger partial charge is 0.407 e. The number of imidazole rings is 1. The van der Waals surface area contributed by atoms with E-state index in [4.69, 9.17) is 14.2 Å². The number of aromatic amines is 1. The molecule has 0 unspecified atom stereocenters. The predicted molar refractivity (Wildman–Crippen MR) is 244 cm³/mol. The first kappa shape index (κ1) is 47.5. The highest BCUT2D eigenvalue weighted by Crippen LogP contribution is 2.44. The lowest BCUT2D eigenvalue weighted by molar-refractivity contribution is -0.143. The lowest BCUT2D eigenvalue weighted by atomic mass is 9.98. The molecule has 6 rings (SSSR count). The van der Waals surface area contributed by atoms with E-state index in [0.29, 0.717) is 17.0 Å². The van der Waals surface area contributed by atoms with Gasteiger partial charge in [-0.15, -0.1) is 0 Å². The summed E-state index contributed by atoms with van der Waals surface area (Å²) < 4.78 is 17.8. The van der Waals surface area contributed by atoms with Gasteiger partial charge in [0.2, 0.25) is 17.7 Å². The Morgan fingerprint density at radius 1 is 0.631 bits per heavy atom. The Morgan fingerprint density at radius 3 is 1.71 bits per heavy atom. The number of aromatic nitrogens is 2. The van der Waals surface area contributed by atoms with Crippen molar-refractivity contribution >= 4 is 29.8 Å². The minimum absolute atomic E-state index is 0.0181. The molecule has 5 aromatic rings. The monoisotopic (exact) mass is 886 g/mol. The molecule has 1 heterocycles. The number of carbonyl (C=O) groups excluding carboxylic acids is 4. The third-order valence-electron chi connectivity index (χ3n) is 10.6. The normalized spacial score (nSPS) is 14.1. The van der Waals surface area contributed by atoms with E-state index in [-0.39, 0.29) is 38.4 Å². The lowest BCUT2D eigenvalue weighted by Crippen LogP contribution is -2.60. The van der Waals surface area contributed by atoms with Gasteiger partial charge < -0.3 is 45.6 Å². The van der Waals surface area contributed by atoms with Gasteiger partial charge in [0.25, 0.3) is 0 Å². The van der Waals surface area contributed by atoms with Crippen LogP contribution in [-0.2, 0) is 47.9 Å². The van der Waals surface area contributed by atoms with E-state index in [0.717, 1.165) is 27.8 Å². The molecule has 65 heavy (non-hydrogen) atoms. The summed E-state index contributed by atoms with van der Waals surface area (Å²) in [6, 6.07) is 26.8. The van der Waals surface area contributed by atoms with E-state index in [2.05, 4.69) is 31.2 Å². The second-order valence-electron chi connectivity index (χ2n) is 18.0. The van der Waals surface area contributed by atoms with Crippen LogP contribution in [0.15, 0.2) is 116 Å². The second-order valence-corrected chi connectivity index (χ2v) is 18.0. The van der Waals surface area contributed by atoms with E-state index < -0.39 is 65.2 Å². The van der Waals surface area contributed by atoms with E-state index >= 15 is 0 Å². The van der Waals surface area contributed by atoms with E-state index in [1.807, 2.05) is 99.6 Å². The summed E-state index contributed by atoms with van der Waals surface area (Å²) in [4.78, 5) is 75.5. The molecule has 1 aliphatic rings. The maximum Gasteiger partial charge on any atom is 0.407 e. The minimum Gasteiger partial charge on any atom is -0.488 e. The van der Waals surface area contributed by atoms with E-state index in [9.17, 15) is 29.1 Å². The molecule has 4 atom stereocenters. The Kier molecular flexibility index (Phi) is 15.4. The number of fused-ring (bicyclic) bond motifs is 3. The number of alkyl carbamates (subject to hydrolysis) is 1. The Morgan fingerprint density at radius 2 is 1.15 bits per heavy atom. The van der Waals surface area contributed by atoms with Crippen molar-refractivity contribution in [2.75, 3.05) is 13.2 Å². The minimum atomic E-state index is -1.38. The standard InChI is InChI=1S/C50H58N6O9/c1-49(2,3)64-29-43(46(59)54-42(47(60)61)26-33-27-51-30-52-33)55-44(57)40(25-32-20-22-34(23-21-32)65-50(4,5)6)53-45(58)41(24-31-14-8-7-9-15-31)56-48(62)63-28-39-37-18-12-10-16-35(37)36-17-11-13-19-38(36)39/h7-23,27,30,39-43H,24-26,28-29H2,1-6H3,(H,51,52)(H,53,58)(H,54,59)(H,55,57)(H,56,62)(H,60,61)/t40-,41-,42-,43-/m0/s1. The number of rotatable bonds is 19. The summed E-state index contributed by atoms with van der Waals surface area (Å²) in [5.74, 6) is -3.18. The third-order valence-corrected chi connectivity index (χ3v) is 10.6. The van der Waals surface area contributed by atoms with Crippen LogP contribution in [0.3, 0.4) is 0 Å². The summed E-state index contributed by atoms with van der Waals surface area (Å²) in [5.41, 5.74) is 4.85. The molecular weight excluding hydrogens is 829 g/mol. The summed E-state index contributed by atoms with van der Waals surface area (Å²) >= 11 is 0. The topological polar surface area (TPSA) is 210 Å². The van der Waals surface area contributed by atoms with Gasteiger partial charge in [-0.2, -0.15) is 0 Å². The summed E-state index contributed by atoms with van der Waals surface area (Å²) in [6.45, 7) is 10.8. The molecule has 15 nitrogen and oxygen atoms in total. The van der Waals surface area contributed by atoms with Crippen LogP contribution >= 0.6 is 0 Å². The molecular formula is C50H58N6O9. The number of ether oxygens (including phenoxy) is 3. The Bertz CT molecular complexity index is 2360. The zero-order chi connectivity index (χ0) is 46.7. The molecule has 1 aromatic heterocycles. The molecule has 6 N–H and O–H groups in total. The Balaban J connectivity index is 1.24. The van der Waals surface area contributed by atoms with Gasteiger partial charge in [0.1, 0.15) is 42.1 Å². The number of carbonyl (C=O) groups is 5. The van der Waals surface area contributed by atoms with Gasteiger partial charge in [-0.25, -0.2) is 14.6 Å². The van der Waals surface area contributed by atoms with Crippen molar-refractivity contribution in [3.63, 3.8) is 0 Å². The van der Waals surface area contributed by atoms with Crippen LogP contribution in [-0.4, -0.2) is 93.4 Å². The molecule has 0 bridgehead atoms. The number of aliphatic carboxylic acids is 1. The number of carboxylic acids is 1. The maximum atomic E-state index is 14.5. The molecule has 342 valence electrons. The average Bonchev–Trinajstić information content (AvgIpc) is 3.89. The summed E-state index contributed by atoms with van der Waals surface area (Å²) in [7, 11) is 0. The number of hydrogen-bond acceptors (Lipinski definition) is 9. The zero-order valence-electron chi connectivity index (χ0n) is 37.6. The second kappa shape index (κ2) is 21.1. The van der Waals surface area contributed by atoms with Gasteiger partial charge in [0.15, 0.2) is 0 Å². The molecule has 1 aliphatic carbocycles. The van der Waals surface area contributed by atoms with Crippen LogP contribution in [0.1, 0.15) is 75.4 Å². The molecule has 0 saturated heterocycles. The molecule has 0 radical (unpaired) electrons. The molecule has 0 saturated carbocycles. The van der Waals surface area contributed by atoms with Crippen LogP contribution in [0.25, 0.3) is 11.1 Å². The van der Waals surface area contributed by atoms with Crippen LogP contribution in [0.5, 0.6) is 5.75 Å². The molecule has 0 spiro atoms. The average molecular weight is 887 g/mol. The van der Waals surface area contributed by atoms with Gasteiger partial charge in [-0.1, -0.05) is 91.0 Å². The van der Waals surface area contributed by atoms with Crippen molar-refractivity contribution in [2.45, 2.75) is 102 Å². The van der Waals surface area contributed by atoms with Crippen molar-refractivity contribution in [1.29, 1.82) is 0 Å². The fourth-order valence-electron chi connectivity index (χ4n) is 7.48. The third kappa shape index (κ3) is 13.7. The van der Waals surface area contributed by atoms with Crippen LogP contribution in [0.4, 0.5) is 4.79 Å². The largest absolute Gasteiger partial charge is 0.488 e. The first-order chi connectivity index (χ1) is 30.9.